The fraction of sp³-hybridized carbons (Fsp3) is 0.500. The number of carbonyl (C=O) groups is 3. The normalized spacial score (nSPS) is 14.2. The summed E-state index contributed by atoms with van der Waals surface area (Å²) in [5, 5.41) is 2.64. The average Bonchev–Trinajstić information content (AvgIpc) is 2.87. The molecule has 1 N–H and O–H groups in total. The van der Waals surface area contributed by atoms with Crippen LogP contribution in [0.5, 0.6) is 0 Å². The fourth-order valence-corrected chi connectivity index (χ4v) is 3.62. The van der Waals surface area contributed by atoms with Crippen LogP contribution in [0.1, 0.15) is 70.8 Å². The maximum atomic E-state index is 12.7. The molecular weight excluding hydrogens is 376 g/mol. The number of nitrogens with one attached hydrogen (secondary N) is 1. The molecule has 1 aromatic rings. The Hall–Kier alpha value is -2.14. The van der Waals surface area contributed by atoms with Gasteiger partial charge in [0.05, 0.1) is 5.57 Å². The minimum atomic E-state index is -0.421. The smallest absolute Gasteiger partial charge is 0.273 e. The molecule has 1 aromatic carbocycles. The summed E-state index contributed by atoms with van der Waals surface area (Å²) in [5.41, 5.74) is 1.44. The van der Waals surface area contributed by atoms with Gasteiger partial charge in [-0.2, -0.15) is 0 Å². The predicted molar refractivity (Wildman–Crippen MR) is 113 cm³/mol. The van der Waals surface area contributed by atoms with E-state index in [1.54, 1.807) is 24.3 Å². The first kappa shape index (κ1) is 22.2. The molecule has 0 aromatic heterocycles. The van der Waals surface area contributed by atoms with Crippen molar-refractivity contribution in [1.82, 2.24) is 4.90 Å². The first-order valence-corrected chi connectivity index (χ1v) is 10.5. The number of imide groups is 1. The highest BCUT2D eigenvalue weighted by Crippen LogP contribution is 2.32. The number of carbonyl (C=O) groups excluding carboxylic acids is 3. The van der Waals surface area contributed by atoms with Gasteiger partial charge in [0.15, 0.2) is 0 Å². The highest BCUT2D eigenvalue weighted by molar-refractivity contribution is 6.55. The van der Waals surface area contributed by atoms with E-state index in [4.69, 9.17) is 11.6 Å². The molecule has 0 spiro atoms. The minimum absolute atomic E-state index is 0.0307. The van der Waals surface area contributed by atoms with Gasteiger partial charge >= 0.3 is 0 Å². The molecule has 0 aliphatic carbocycles. The molecule has 0 radical (unpaired) electrons. The number of rotatable bonds is 11. The van der Waals surface area contributed by atoms with Gasteiger partial charge in [-0.25, -0.2) is 0 Å². The standard InChI is InChI=1S/C22H29ClN2O3/c1-3-4-5-6-7-8-9-10-15-25-21(27)19(20(23)22(25)28)17-11-13-18(14-12-17)24-16(2)26/h11-14H,3-10,15H2,1-2H3,(H,24,26). The molecule has 0 saturated heterocycles. The van der Waals surface area contributed by atoms with Crippen LogP contribution in [-0.4, -0.2) is 29.2 Å². The molecule has 3 amide bonds. The van der Waals surface area contributed by atoms with E-state index in [0.29, 0.717) is 17.8 Å². The van der Waals surface area contributed by atoms with Crippen LogP contribution in [0.4, 0.5) is 5.69 Å². The summed E-state index contributed by atoms with van der Waals surface area (Å²) in [6.45, 7) is 4.03. The third-order valence-electron chi connectivity index (χ3n) is 4.84. The summed E-state index contributed by atoms with van der Waals surface area (Å²) in [5.74, 6) is -0.936. The van der Waals surface area contributed by atoms with Crippen LogP contribution in [0.2, 0.25) is 0 Å². The zero-order valence-electron chi connectivity index (χ0n) is 16.7. The van der Waals surface area contributed by atoms with E-state index < -0.39 is 5.91 Å². The molecule has 0 atom stereocenters. The first-order valence-electron chi connectivity index (χ1n) is 10.1. The Morgan fingerprint density at radius 1 is 0.929 bits per heavy atom. The molecule has 0 fully saturated rings. The highest BCUT2D eigenvalue weighted by atomic mass is 35.5. The second-order valence-corrected chi connectivity index (χ2v) is 7.56. The van der Waals surface area contributed by atoms with Crippen molar-refractivity contribution in [1.29, 1.82) is 0 Å². The van der Waals surface area contributed by atoms with E-state index in [2.05, 4.69) is 12.2 Å². The lowest BCUT2D eigenvalue weighted by Gasteiger charge is -2.14. The number of amides is 3. The summed E-state index contributed by atoms with van der Waals surface area (Å²) in [4.78, 5) is 37.5. The maximum Gasteiger partial charge on any atom is 0.273 e. The molecule has 0 bridgehead atoms. The second kappa shape index (κ2) is 11.0. The van der Waals surface area contributed by atoms with E-state index >= 15 is 0 Å². The first-order chi connectivity index (χ1) is 13.5. The summed E-state index contributed by atoms with van der Waals surface area (Å²) in [7, 11) is 0. The Morgan fingerprint density at radius 3 is 2.07 bits per heavy atom. The van der Waals surface area contributed by atoms with Gasteiger partial charge in [0.1, 0.15) is 5.03 Å². The molecule has 1 aliphatic rings. The van der Waals surface area contributed by atoms with E-state index in [9.17, 15) is 14.4 Å². The lowest BCUT2D eigenvalue weighted by molar-refractivity contribution is -0.136. The number of halogens is 1. The molecule has 5 nitrogen and oxygen atoms in total. The van der Waals surface area contributed by atoms with Crippen molar-refractivity contribution >= 4 is 40.6 Å². The van der Waals surface area contributed by atoms with Gasteiger partial charge in [-0.15, -0.1) is 0 Å². The van der Waals surface area contributed by atoms with Crippen molar-refractivity contribution in [3.63, 3.8) is 0 Å². The van der Waals surface area contributed by atoms with E-state index in [0.717, 1.165) is 19.3 Å². The third-order valence-corrected chi connectivity index (χ3v) is 5.19. The van der Waals surface area contributed by atoms with Gasteiger partial charge in [-0.1, -0.05) is 75.6 Å². The molecule has 0 unspecified atom stereocenters. The molecular formula is C22H29ClN2O3. The van der Waals surface area contributed by atoms with Gasteiger partial charge in [0.25, 0.3) is 11.8 Å². The Bertz CT molecular complexity index is 741. The number of anilines is 1. The van der Waals surface area contributed by atoms with Crippen LogP contribution in [-0.2, 0) is 14.4 Å². The zero-order chi connectivity index (χ0) is 20.5. The maximum absolute atomic E-state index is 12.7. The summed E-state index contributed by atoms with van der Waals surface area (Å²) in [6, 6.07) is 6.75. The Morgan fingerprint density at radius 2 is 1.50 bits per heavy atom. The van der Waals surface area contributed by atoms with Crippen molar-refractivity contribution < 1.29 is 14.4 Å². The van der Waals surface area contributed by atoms with Gasteiger partial charge in [0, 0.05) is 19.2 Å². The van der Waals surface area contributed by atoms with Crippen molar-refractivity contribution in [2.75, 3.05) is 11.9 Å². The number of unbranched alkanes of at least 4 members (excludes halogenated alkanes) is 7. The molecule has 152 valence electrons. The summed E-state index contributed by atoms with van der Waals surface area (Å²) < 4.78 is 0. The van der Waals surface area contributed by atoms with Crippen LogP contribution in [0, 0.1) is 0 Å². The Kier molecular flexibility index (Phi) is 8.71. The SMILES string of the molecule is CCCCCCCCCCN1C(=O)C(Cl)=C(c2ccc(NC(C)=O)cc2)C1=O. The number of hydrogen-bond donors (Lipinski definition) is 1. The van der Waals surface area contributed by atoms with E-state index in [-0.39, 0.29) is 22.4 Å². The zero-order valence-corrected chi connectivity index (χ0v) is 17.5. The molecule has 1 aliphatic heterocycles. The molecule has 6 heteroatoms. The summed E-state index contributed by atoms with van der Waals surface area (Å²) >= 11 is 6.19. The van der Waals surface area contributed by atoms with Crippen LogP contribution in [0.3, 0.4) is 0 Å². The molecule has 28 heavy (non-hydrogen) atoms. The lowest BCUT2D eigenvalue weighted by Crippen LogP contribution is -2.32. The van der Waals surface area contributed by atoms with Crippen molar-refractivity contribution in [3.8, 4) is 0 Å². The second-order valence-electron chi connectivity index (χ2n) is 7.18. The average molecular weight is 405 g/mol. The van der Waals surface area contributed by atoms with Gasteiger partial charge in [-0.05, 0) is 24.1 Å². The topological polar surface area (TPSA) is 66.5 Å². The van der Waals surface area contributed by atoms with Gasteiger partial charge < -0.3 is 5.32 Å². The quantitative estimate of drug-likeness (QED) is 0.412. The fourth-order valence-electron chi connectivity index (χ4n) is 3.33. The van der Waals surface area contributed by atoms with Crippen LogP contribution < -0.4 is 5.32 Å². The molecule has 2 rings (SSSR count). The Balaban J connectivity index is 1.88. The highest BCUT2D eigenvalue weighted by Gasteiger charge is 2.37. The van der Waals surface area contributed by atoms with Crippen LogP contribution in [0.15, 0.2) is 29.3 Å². The van der Waals surface area contributed by atoms with Crippen LogP contribution in [0.25, 0.3) is 5.57 Å². The predicted octanol–water partition coefficient (Wildman–Crippen LogP) is 5.10. The number of hydrogen-bond acceptors (Lipinski definition) is 3. The summed E-state index contributed by atoms with van der Waals surface area (Å²) in [6.07, 6.45) is 9.18. The third kappa shape index (κ3) is 5.93. The van der Waals surface area contributed by atoms with Gasteiger partial charge in [-0.3, -0.25) is 19.3 Å². The minimum Gasteiger partial charge on any atom is -0.326 e. The van der Waals surface area contributed by atoms with Crippen molar-refractivity contribution in [2.24, 2.45) is 0 Å². The largest absolute Gasteiger partial charge is 0.326 e. The Labute approximate surface area is 172 Å². The van der Waals surface area contributed by atoms with Gasteiger partial charge in [0.2, 0.25) is 5.91 Å². The molecule has 1 heterocycles. The van der Waals surface area contributed by atoms with E-state index in [1.165, 1.54) is 43.9 Å². The monoisotopic (exact) mass is 404 g/mol. The van der Waals surface area contributed by atoms with Crippen molar-refractivity contribution in [2.45, 2.75) is 65.2 Å². The van der Waals surface area contributed by atoms with Crippen molar-refractivity contribution in [3.05, 3.63) is 34.9 Å². The van der Waals surface area contributed by atoms with Crippen LogP contribution >= 0.6 is 11.6 Å². The number of benzene rings is 1. The van der Waals surface area contributed by atoms with E-state index in [1.807, 2.05) is 0 Å². The lowest BCUT2D eigenvalue weighted by atomic mass is 10.1. The number of nitrogens with zero attached hydrogens (tertiary/aromatic N) is 1. The molecule has 0 saturated carbocycles.